The van der Waals surface area contributed by atoms with Gasteiger partial charge in [-0.3, -0.25) is 25.2 Å². The first-order chi connectivity index (χ1) is 13.3. The highest BCUT2D eigenvalue weighted by Crippen LogP contribution is 2.17. The molecule has 1 aromatic heterocycles. The number of nitrogens with one attached hydrogen (secondary N) is 3. The van der Waals surface area contributed by atoms with Crippen LogP contribution in [0.3, 0.4) is 0 Å². The molecule has 1 aromatic carbocycles. The van der Waals surface area contributed by atoms with Gasteiger partial charge in [-0.25, -0.2) is 4.39 Å². The van der Waals surface area contributed by atoms with Gasteiger partial charge in [-0.05, 0) is 36.4 Å². The molecule has 0 fully saturated rings. The fourth-order valence-electron chi connectivity index (χ4n) is 2.24. The molecule has 2 aromatic rings. The minimum atomic E-state index is -1.05. The van der Waals surface area contributed by atoms with E-state index in [2.05, 4.69) is 16.2 Å². The molecule has 2 rings (SSSR count). The van der Waals surface area contributed by atoms with Crippen LogP contribution in [-0.4, -0.2) is 29.9 Å². The van der Waals surface area contributed by atoms with Gasteiger partial charge < -0.3 is 10.1 Å². The maximum Gasteiger partial charge on any atom is 0.279 e. The van der Waals surface area contributed by atoms with Crippen LogP contribution >= 0.6 is 11.3 Å². The van der Waals surface area contributed by atoms with Crippen molar-refractivity contribution in [3.8, 4) is 5.75 Å². The molecule has 0 bridgehead atoms. The number of halogens is 1. The van der Waals surface area contributed by atoms with E-state index in [9.17, 15) is 18.8 Å². The Kier molecular flexibility index (Phi) is 7.51. The van der Waals surface area contributed by atoms with Crippen LogP contribution in [0.2, 0.25) is 0 Å². The molecule has 3 amide bonds. The molecule has 0 unspecified atom stereocenters. The van der Waals surface area contributed by atoms with Gasteiger partial charge in [0.05, 0.1) is 4.88 Å². The summed E-state index contributed by atoms with van der Waals surface area (Å²) in [5, 5.41) is 4.41. The summed E-state index contributed by atoms with van der Waals surface area (Å²) < 4.78 is 18.8. The molecule has 150 valence electrons. The number of ether oxygens (including phenoxy) is 1. The molecule has 0 aliphatic rings. The number of carbonyl (C=O) groups is 3. The van der Waals surface area contributed by atoms with Gasteiger partial charge in [-0.2, -0.15) is 0 Å². The minimum Gasteiger partial charge on any atom is -0.478 e. The van der Waals surface area contributed by atoms with E-state index in [1.54, 1.807) is 37.4 Å². The average Bonchev–Trinajstić information content (AvgIpc) is 3.20. The largest absolute Gasteiger partial charge is 0.478 e. The van der Waals surface area contributed by atoms with Gasteiger partial charge in [-0.15, -0.1) is 11.3 Å². The molecule has 2 atom stereocenters. The number of hydrogen-bond acceptors (Lipinski definition) is 5. The van der Waals surface area contributed by atoms with Crippen LogP contribution in [0.5, 0.6) is 5.75 Å². The second kappa shape index (κ2) is 9.84. The van der Waals surface area contributed by atoms with Crippen molar-refractivity contribution in [3.63, 3.8) is 0 Å². The maximum absolute atomic E-state index is 13.6. The van der Waals surface area contributed by atoms with Crippen LogP contribution in [0.4, 0.5) is 4.39 Å². The molecular weight excluding hydrogens is 385 g/mol. The van der Waals surface area contributed by atoms with E-state index in [0.29, 0.717) is 4.88 Å². The van der Waals surface area contributed by atoms with Crippen molar-refractivity contribution >= 4 is 29.1 Å². The molecule has 0 radical (unpaired) electrons. The predicted molar refractivity (Wildman–Crippen MR) is 103 cm³/mol. The molecule has 0 saturated carbocycles. The third-order valence-electron chi connectivity index (χ3n) is 3.80. The average molecular weight is 407 g/mol. The first kappa shape index (κ1) is 21.4. The molecule has 1 heterocycles. The number of thiophene rings is 1. The molecule has 0 spiro atoms. The van der Waals surface area contributed by atoms with Gasteiger partial charge >= 0.3 is 0 Å². The summed E-state index contributed by atoms with van der Waals surface area (Å²) in [4.78, 5) is 37.2. The molecule has 28 heavy (non-hydrogen) atoms. The van der Waals surface area contributed by atoms with E-state index >= 15 is 0 Å². The Morgan fingerprint density at radius 2 is 1.68 bits per heavy atom. The van der Waals surface area contributed by atoms with Crippen molar-refractivity contribution < 1.29 is 23.5 Å². The summed E-state index contributed by atoms with van der Waals surface area (Å²) in [7, 11) is 0. The monoisotopic (exact) mass is 407 g/mol. The van der Waals surface area contributed by atoms with Crippen LogP contribution in [0.1, 0.15) is 30.4 Å². The standard InChI is InChI=1S/C19H22FN3O4S/c1-11(2)16(21-18(25)15-9-6-10-28-15)19(26)23-22-17(24)12(3)27-14-8-5-4-7-13(14)20/h4-12,16H,1-3H3,(H,21,25)(H,22,24)(H,23,26)/t12-,16-/m0/s1. The molecule has 9 heteroatoms. The lowest BCUT2D eigenvalue weighted by molar-refractivity contribution is -0.133. The molecule has 0 aliphatic carbocycles. The quantitative estimate of drug-likeness (QED) is 0.614. The molecule has 0 aliphatic heterocycles. The number of para-hydroxylation sites is 1. The van der Waals surface area contributed by atoms with Crippen molar-refractivity contribution in [2.24, 2.45) is 5.92 Å². The number of carbonyl (C=O) groups excluding carboxylic acids is 3. The SMILES string of the molecule is CC(C)[C@H](NC(=O)c1cccs1)C(=O)NNC(=O)[C@H](C)Oc1ccccc1F. The van der Waals surface area contributed by atoms with Crippen LogP contribution in [0.15, 0.2) is 41.8 Å². The Morgan fingerprint density at radius 3 is 2.29 bits per heavy atom. The highest BCUT2D eigenvalue weighted by atomic mass is 32.1. The predicted octanol–water partition coefficient (Wildman–Crippen LogP) is 2.26. The summed E-state index contributed by atoms with van der Waals surface area (Å²) in [5.41, 5.74) is 4.50. The van der Waals surface area contributed by atoms with E-state index in [4.69, 9.17) is 4.74 Å². The van der Waals surface area contributed by atoms with Crippen molar-refractivity contribution in [3.05, 3.63) is 52.5 Å². The highest BCUT2D eigenvalue weighted by molar-refractivity contribution is 7.12. The van der Waals surface area contributed by atoms with Gasteiger partial charge in [0.1, 0.15) is 6.04 Å². The summed E-state index contributed by atoms with van der Waals surface area (Å²) in [5.74, 6) is -2.49. The van der Waals surface area contributed by atoms with E-state index in [1.807, 2.05) is 0 Å². The maximum atomic E-state index is 13.6. The van der Waals surface area contributed by atoms with Crippen LogP contribution in [-0.2, 0) is 9.59 Å². The second-order valence-electron chi connectivity index (χ2n) is 6.34. The van der Waals surface area contributed by atoms with E-state index < -0.39 is 29.8 Å². The lowest BCUT2D eigenvalue weighted by Crippen LogP contribution is -2.55. The van der Waals surface area contributed by atoms with Gasteiger partial charge in [0.2, 0.25) is 0 Å². The van der Waals surface area contributed by atoms with E-state index in [-0.39, 0.29) is 17.6 Å². The first-order valence-corrected chi connectivity index (χ1v) is 9.52. The van der Waals surface area contributed by atoms with Crippen LogP contribution in [0.25, 0.3) is 0 Å². The van der Waals surface area contributed by atoms with E-state index in [0.717, 1.165) is 0 Å². The summed E-state index contributed by atoms with van der Waals surface area (Å²) in [6, 6.07) is 8.23. The van der Waals surface area contributed by atoms with Crippen molar-refractivity contribution in [1.82, 2.24) is 16.2 Å². The fraction of sp³-hybridized carbons (Fsp3) is 0.316. The molecule has 7 nitrogen and oxygen atoms in total. The Hall–Kier alpha value is -2.94. The van der Waals surface area contributed by atoms with Crippen molar-refractivity contribution in [2.75, 3.05) is 0 Å². The van der Waals surface area contributed by atoms with Crippen molar-refractivity contribution in [2.45, 2.75) is 32.9 Å². The zero-order chi connectivity index (χ0) is 20.7. The van der Waals surface area contributed by atoms with Crippen LogP contribution < -0.4 is 20.9 Å². The summed E-state index contributed by atoms with van der Waals surface area (Å²) >= 11 is 1.26. The van der Waals surface area contributed by atoms with Gasteiger partial charge in [-0.1, -0.05) is 32.0 Å². The third-order valence-corrected chi connectivity index (χ3v) is 4.67. The molecular formula is C19H22FN3O4S. The Bertz CT molecular complexity index is 826. The number of rotatable bonds is 7. The number of hydrazine groups is 1. The smallest absolute Gasteiger partial charge is 0.279 e. The number of amides is 3. The topological polar surface area (TPSA) is 96.5 Å². The normalized spacial score (nSPS) is 12.8. The number of benzene rings is 1. The Balaban J connectivity index is 1.89. The van der Waals surface area contributed by atoms with Gasteiger partial charge in [0, 0.05) is 0 Å². The lowest BCUT2D eigenvalue weighted by atomic mass is 10.0. The second-order valence-corrected chi connectivity index (χ2v) is 7.29. The van der Waals surface area contributed by atoms with Crippen molar-refractivity contribution in [1.29, 1.82) is 0 Å². The van der Waals surface area contributed by atoms with Crippen LogP contribution in [0, 0.1) is 11.7 Å². The van der Waals surface area contributed by atoms with E-state index in [1.165, 1.54) is 36.5 Å². The third kappa shape index (κ3) is 5.78. The Labute approximate surface area is 166 Å². The number of hydrogen-bond donors (Lipinski definition) is 3. The summed E-state index contributed by atoms with van der Waals surface area (Å²) in [6.07, 6.45) is -1.05. The minimum absolute atomic E-state index is 0.0697. The van der Waals surface area contributed by atoms with Gasteiger partial charge in [0.15, 0.2) is 17.7 Å². The zero-order valence-corrected chi connectivity index (χ0v) is 16.5. The Morgan fingerprint density at radius 1 is 1.00 bits per heavy atom. The summed E-state index contributed by atoms with van der Waals surface area (Å²) in [6.45, 7) is 4.96. The fourth-order valence-corrected chi connectivity index (χ4v) is 2.87. The lowest BCUT2D eigenvalue weighted by Gasteiger charge is -2.22. The first-order valence-electron chi connectivity index (χ1n) is 8.65. The van der Waals surface area contributed by atoms with Gasteiger partial charge in [0.25, 0.3) is 17.7 Å². The zero-order valence-electron chi connectivity index (χ0n) is 15.7. The molecule has 3 N–H and O–H groups in total. The molecule has 0 saturated heterocycles. The highest BCUT2D eigenvalue weighted by Gasteiger charge is 2.26.